The number of hydrogen-bond acceptors (Lipinski definition) is 10. The van der Waals surface area contributed by atoms with Crippen molar-refractivity contribution >= 4 is 31.1 Å². The Hall–Kier alpha value is -5.79. The number of methoxy groups -OCH3 is 2. The molecule has 1 aromatic heterocycles. The minimum Gasteiger partial charge on any atom is -0.497 e. The molecule has 0 aliphatic carbocycles. The third-order valence-corrected chi connectivity index (χ3v) is 11.1. The molecule has 2 unspecified atom stereocenters. The van der Waals surface area contributed by atoms with Crippen LogP contribution in [0.1, 0.15) is 39.7 Å². The first-order valence-electron chi connectivity index (χ1n) is 18.1. The van der Waals surface area contributed by atoms with Crippen LogP contribution in [0.3, 0.4) is 0 Å². The first-order valence-corrected chi connectivity index (χ1v) is 20.0. The Morgan fingerprint density at radius 3 is 1.91 bits per heavy atom. The number of carbonyl (C=O) groups excluding carboxylic acids is 1. The molecule has 15 heteroatoms. The Labute approximate surface area is 339 Å². The van der Waals surface area contributed by atoms with E-state index in [1.165, 1.54) is 36.5 Å². The number of amides is 1. The molecular formula is C43H39ClN3O10P. The number of phosphoric ester groups is 1. The van der Waals surface area contributed by atoms with Gasteiger partial charge in [-0.3, -0.25) is 18.8 Å². The number of anilines is 1. The number of rotatable bonds is 14. The molecule has 1 saturated heterocycles. The number of aliphatic hydroxyl groups is 1. The van der Waals surface area contributed by atoms with E-state index >= 15 is 0 Å². The van der Waals surface area contributed by atoms with Crippen molar-refractivity contribution in [2.75, 3.05) is 19.5 Å². The van der Waals surface area contributed by atoms with Gasteiger partial charge in [0.2, 0.25) is 0 Å². The minimum absolute atomic E-state index is 0.00388. The maximum atomic E-state index is 13.8. The highest BCUT2D eigenvalue weighted by Crippen LogP contribution is 2.52. The van der Waals surface area contributed by atoms with Crippen molar-refractivity contribution in [3.8, 4) is 17.2 Å². The van der Waals surface area contributed by atoms with E-state index in [1.807, 2.05) is 54.6 Å². The van der Waals surface area contributed by atoms with E-state index in [0.717, 1.165) is 4.57 Å². The summed E-state index contributed by atoms with van der Waals surface area (Å²) in [6.45, 7) is 0. The zero-order valence-corrected chi connectivity index (χ0v) is 32.9. The number of aliphatic hydroxyl groups excluding tert-OH is 1. The molecule has 0 radical (unpaired) electrons. The van der Waals surface area contributed by atoms with Gasteiger partial charge in [-0.25, -0.2) is 9.36 Å². The van der Waals surface area contributed by atoms with Crippen molar-refractivity contribution in [1.29, 1.82) is 0 Å². The van der Waals surface area contributed by atoms with Gasteiger partial charge in [0, 0.05) is 23.2 Å². The summed E-state index contributed by atoms with van der Waals surface area (Å²) in [4.78, 5) is 41.7. The van der Waals surface area contributed by atoms with Gasteiger partial charge in [0.15, 0.2) is 0 Å². The summed E-state index contributed by atoms with van der Waals surface area (Å²) in [5.74, 6) is 0.684. The minimum atomic E-state index is -4.95. The summed E-state index contributed by atoms with van der Waals surface area (Å²) < 4.78 is 43.8. The lowest BCUT2D eigenvalue weighted by molar-refractivity contribution is -0.0961. The molecule has 298 valence electrons. The third kappa shape index (κ3) is 8.56. The van der Waals surface area contributed by atoms with E-state index in [4.69, 9.17) is 34.9 Å². The summed E-state index contributed by atoms with van der Waals surface area (Å²) in [6.07, 6.45) is -4.31. The van der Waals surface area contributed by atoms with Crippen LogP contribution in [0, 0.1) is 0 Å². The van der Waals surface area contributed by atoms with Crippen LogP contribution < -0.4 is 25.0 Å². The molecule has 6 aromatic rings. The van der Waals surface area contributed by atoms with E-state index in [0.29, 0.717) is 38.8 Å². The van der Waals surface area contributed by atoms with Gasteiger partial charge in [-0.15, -0.1) is 0 Å². The predicted molar refractivity (Wildman–Crippen MR) is 217 cm³/mol. The Morgan fingerprint density at radius 2 is 1.36 bits per heavy atom. The summed E-state index contributed by atoms with van der Waals surface area (Å²) in [6, 6.07) is 39.2. The Morgan fingerprint density at radius 1 is 0.828 bits per heavy atom. The third-order valence-electron chi connectivity index (χ3n) is 9.91. The fourth-order valence-electron chi connectivity index (χ4n) is 7.19. The molecule has 58 heavy (non-hydrogen) atoms. The van der Waals surface area contributed by atoms with Crippen LogP contribution in [-0.4, -0.2) is 58.0 Å². The highest BCUT2D eigenvalue weighted by molar-refractivity contribution is 7.47. The summed E-state index contributed by atoms with van der Waals surface area (Å²) in [5.41, 5.74) is 0.00958. The Kier molecular flexibility index (Phi) is 12.1. The van der Waals surface area contributed by atoms with Crippen molar-refractivity contribution in [3.05, 3.63) is 183 Å². The first kappa shape index (κ1) is 40.4. The maximum Gasteiger partial charge on any atom is 0.527 e. The molecule has 2 heterocycles. The molecule has 3 N–H and O–H groups in total. The van der Waals surface area contributed by atoms with Crippen molar-refractivity contribution in [1.82, 2.24) is 9.55 Å². The Bertz CT molecular complexity index is 2390. The van der Waals surface area contributed by atoms with Gasteiger partial charge in [-0.05, 0) is 83.4 Å². The number of benzene rings is 5. The highest BCUT2D eigenvalue weighted by atomic mass is 35.5. The number of hydrogen-bond donors (Lipinski definition) is 3. The van der Waals surface area contributed by atoms with Crippen LogP contribution in [0.4, 0.5) is 5.82 Å². The second-order valence-electron chi connectivity index (χ2n) is 13.3. The Balaban J connectivity index is 1.32. The van der Waals surface area contributed by atoms with Gasteiger partial charge in [0.25, 0.3) is 5.91 Å². The summed E-state index contributed by atoms with van der Waals surface area (Å²) in [5, 5.41) is 16.1. The first-order chi connectivity index (χ1) is 28.0. The largest absolute Gasteiger partial charge is 0.527 e. The number of nitrogens with zero attached hydrogens (tertiary/aromatic N) is 2. The monoisotopic (exact) mass is 823 g/mol. The summed E-state index contributed by atoms with van der Waals surface area (Å²) in [7, 11) is -1.85. The van der Waals surface area contributed by atoms with Crippen molar-refractivity contribution < 1.29 is 42.6 Å². The smallest absolute Gasteiger partial charge is 0.497 e. The molecule has 0 spiro atoms. The fraction of sp³-hybridized carbons (Fsp3) is 0.186. The van der Waals surface area contributed by atoms with Gasteiger partial charge < -0.3 is 29.2 Å². The molecule has 13 nitrogen and oxygen atoms in total. The number of nitrogens with one attached hydrogen (secondary N) is 1. The van der Waals surface area contributed by atoms with Crippen LogP contribution in [0.5, 0.6) is 17.2 Å². The van der Waals surface area contributed by atoms with Crippen LogP contribution >= 0.6 is 19.4 Å². The van der Waals surface area contributed by atoms with Gasteiger partial charge >= 0.3 is 13.5 Å². The second kappa shape index (κ2) is 17.4. The number of halogens is 1. The zero-order chi connectivity index (χ0) is 40.9. The molecule has 0 saturated carbocycles. The normalized spacial score (nSPS) is 18.1. The average molecular weight is 824 g/mol. The quantitative estimate of drug-likeness (QED) is 0.0739. The maximum absolute atomic E-state index is 13.8. The number of phosphoric acid groups is 1. The topological polar surface area (TPSA) is 168 Å². The van der Waals surface area contributed by atoms with E-state index in [9.17, 15) is 24.2 Å². The van der Waals surface area contributed by atoms with Gasteiger partial charge in [-0.2, -0.15) is 4.98 Å². The lowest BCUT2D eigenvalue weighted by Crippen LogP contribution is -2.52. The van der Waals surface area contributed by atoms with Crippen molar-refractivity contribution in [3.63, 3.8) is 0 Å². The van der Waals surface area contributed by atoms with Gasteiger partial charge in [0.1, 0.15) is 47.6 Å². The molecule has 0 bridgehead atoms. The fourth-order valence-corrected chi connectivity index (χ4v) is 8.29. The van der Waals surface area contributed by atoms with E-state index in [-0.39, 0.29) is 18.0 Å². The van der Waals surface area contributed by atoms with Crippen molar-refractivity contribution in [2.24, 2.45) is 0 Å². The highest BCUT2D eigenvalue weighted by Gasteiger charge is 2.54. The van der Waals surface area contributed by atoms with Crippen LogP contribution in [0.2, 0.25) is 5.02 Å². The van der Waals surface area contributed by atoms with E-state index in [1.54, 1.807) is 68.8 Å². The van der Waals surface area contributed by atoms with Crippen LogP contribution in [-0.2, 0) is 19.2 Å². The SMILES string of the molecule is COc1ccc(C(c2ccccc2)(c2ccc(OC)cc2)C(O)[C@H]2O[C@@H](n3ccc(NC(=O)c4ccccc4)nc3=O)C[C@@H]2OP(=O)(O)Oc2ccc(Cl)cc2)cc1. The lowest BCUT2D eigenvalue weighted by Gasteiger charge is -2.43. The molecule has 5 atom stereocenters. The number of carbonyl (C=O) groups is 1. The molecule has 1 aliphatic heterocycles. The molecule has 7 rings (SSSR count). The molecular weight excluding hydrogens is 785 g/mol. The predicted octanol–water partition coefficient (Wildman–Crippen LogP) is 7.41. The van der Waals surface area contributed by atoms with Gasteiger partial charge in [0.05, 0.1) is 19.6 Å². The average Bonchev–Trinajstić information content (AvgIpc) is 3.65. The number of ether oxygens (including phenoxy) is 3. The summed E-state index contributed by atoms with van der Waals surface area (Å²) >= 11 is 6.02. The van der Waals surface area contributed by atoms with E-state index < -0.39 is 49.4 Å². The lowest BCUT2D eigenvalue weighted by atomic mass is 9.64. The van der Waals surface area contributed by atoms with Crippen LogP contribution in [0.15, 0.2) is 151 Å². The van der Waals surface area contributed by atoms with Gasteiger partial charge in [-0.1, -0.05) is 84.4 Å². The standard InChI is InChI=1S/C43H39ClN3O10P/c1-53-33-19-13-30(14-20-33)43(29-11-7-4-8-12-29,31-15-21-34(54-2)22-16-31)40(48)39-36(57-58(51,52)56-35-23-17-32(44)18-24-35)27-38(55-39)47-26-25-37(46-42(47)50)45-41(49)28-9-5-3-6-10-28/h3-26,36,38-40,48H,27H2,1-2H3,(H,51,52)(H,45,46,49,50)/t36-,38+,39-,40?/m0/s1. The second-order valence-corrected chi connectivity index (χ2v) is 15.1. The van der Waals surface area contributed by atoms with Crippen LogP contribution in [0.25, 0.3) is 0 Å². The molecule has 1 aliphatic rings. The number of aromatic nitrogens is 2. The molecule has 5 aromatic carbocycles. The van der Waals surface area contributed by atoms with E-state index in [2.05, 4.69) is 10.3 Å². The molecule has 1 amide bonds. The zero-order valence-electron chi connectivity index (χ0n) is 31.3. The van der Waals surface area contributed by atoms with Crippen molar-refractivity contribution in [2.45, 2.75) is 36.4 Å². The molecule has 1 fully saturated rings.